The van der Waals surface area contributed by atoms with Gasteiger partial charge in [-0.25, -0.2) is 0 Å². The lowest BCUT2D eigenvalue weighted by Gasteiger charge is -2.47. The first-order valence-corrected chi connectivity index (χ1v) is 15.7. The van der Waals surface area contributed by atoms with Gasteiger partial charge < -0.3 is 21.1 Å². The van der Waals surface area contributed by atoms with Gasteiger partial charge in [-0.2, -0.15) is 0 Å². The smallest absolute Gasteiger partial charge is 0.251 e. The molecule has 0 saturated carbocycles. The minimum Gasteiger partial charge on any atom is -0.390 e. The van der Waals surface area contributed by atoms with Gasteiger partial charge in [0.1, 0.15) is 0 Å². The van der Waals surface area contributed by atoms with Gasteiger partial charge in [0.05, 0.1) is 23.6 Å². The molecule has 1 aliphatic heterocycles. The van der Waals surface area contributed by atoms with Crippen molar-refractivity contribution in [2.45, 2.75) is 44.8 Å². The van der Waals surface area contributed by atoms with Crippen LogP contribution in [0.5, 0.6) is 0 Å². The van der Waals surface area contributed by atoms with Crippen LogP contribution in [0.3, 0.4) is 0 Å². The minimum absolute atomic E-state index is 0.321. The van der Waals surface area contributed by atoms with E-state index in [4.69, 9.17) is 0 Å². The maximum absolute atomic E-state index is 13.6. The fourth-order valence-electron chi connectivity index (χ4n) is 4.97. The normalized spacial score (nSPS) is 17.1. The monoisotopic (exact) mass is 566 g/mol. The number of nitrogens with zero attached hydrogens (tertiary/aromatic N) is 1. The molecular weight excluding hydrogens is 524 g/mol. The van der Waals surface area contributed by atoms with Crippen LogP contribution in [0, 0.1) is 0 Å². The second-order valence-corrected chi connectivity index (χ2v) is 12.3. The summed E-state index contributed by atoms with van der Waals surface area (Å²) in [5.41, 5.74) is 3.97. The van der Waals surface area contributed by atoms with E-state index in [9.17, 15) is 19.0 Å². The van der Waals surface area contributed by atoms with Crippen molar-refractivity contribution >= 4 is 28.1 Å². The van der Waals surface area contributed by atoms with E-state index in [2.05, 4.69) is 28.1 Å². The summed E-state index contributed by atoms with van der Waals surface area (Å²) in [6, 6.07) is 24.8. The lowest BCUT2D eigenvalue weighted by Crippen LogP contribution is -2.49. The van der Waals surface area contributed by atoms with Crippen molar-refractivity contribution in [3.63, 3.8) is 0 Å². The van der Waals surface area contributed by atoms with Crippen LogP contribution in [0.15, 0.2) is 78.9 Å². The molecule has 3 aromatic rings. The third kappa shape index (κ3) is 8.46. The van der Waals surface area contributed by atoms with E-state index in [0.29, 0.717) is 49.6 Å². The number of benzene rings is 3. The quantitative estimate of drug-likeness (QED) is 0.163. The number of amides is 1. The highest BCUT2D eigenvalue weighted by molar-refractivity contribution is 8.25. The number of aliphatic hydroxyl groups excluding tert-OH is 1. The molecular formula is C31H42N4O4S. The number of hydrogen-bond donors (Lipinski definition) is 6. The summed E-state index contributed by atoms with van der Waals surface area (Å²) in [6.45, 7) is 4.19. The average Bonchev–Trinajstić information content (AvgIpc) is 2.95. The van der Waals surface area contributed by atoms with Crippen LogP contribution in [-0.2, 0) is 12.8 Å². The van der Waals surface area contributed by atoms with Crippen LogP contribution in [-0.4, -0.2) is 64.2 Å². The zero-order chi connectivity index (χ0) is 28.4. The number of anilines is 2. The molecule has 6 N–H and O–H groups in total. The second kappa shape index (κ2) is 14.5. The molecule has 0 unspecified atom stereocenters. The van der Waals surface area contributed by atoms with E-state index >= 15 is 0 Å². The van der Waals surface area contributed by atoms with Crippen LogP contribution in [0.1, 0.15) is 41.3 Å². The van der Waals surface area contributed by atoms with Gasteiger partial charge >= 0.3 is 0 Å². The Labute approximate surface area is 239 Å². The fourth-order valence-corrected chi connectivity index (χ4v) is 6.65. The van der Waals surface area contributed by atoms with Gasteiger partial charge in [-0.15, -0.1) is 10.8 Å². The van der Waals surface area contributed by atoms with Crippen molar-refractivity contribution in [2.75, 3.05) is 41.6 Å². The minimum atomic E-state index is -2.94. The van der Waals surface area contributed by atoms with Gasteiger partial charge in [-0.05, 0) is 68.5 Å². The van der Waals surface area contributed by atoms with E-state index < -0.39 is 22.9 Å². The predicted molar refractivity (Wildman–Crippen MR) is 165 cm³/mol. The summed E-state index contributed by atoms with van der Waals surface area (Å²) in [5.74, 6) is 0.00141. The average molecular weight is 567 g/mol. The highest BCUT2D eigenvalue weighted by atomic mass is 32.3. The van der Waals surface area contributed by atoms with Crippen LogP contribution in [0.4, 0.5) is 11.4 Å². The Morgan fingerprint density at radius 2 is 1.68 bits per heavy atom. The molecule has 1 fully saturated rings. The van der Waals surface area contributed by atoms with E-state index in [1.165, 1.54) is 5.56 Å². The van der Waals surface area contributed by atoms with Crippen molar-refractivity contribution in [3.8, 4) is 0 Å². The van der Waals surface area contributed by atoms with Gasteiger partial charge in [-0.3, -0.25) is 18.2 Å². The Morgan fingerprint density at radius 3 is 2.35 bits per heavy atom. The van der Waals surface area contributed by atoms with Crippen LogP contribution >= 0.6 is 10.8 Å². The number of hydrogen-bond acceptors (Lipinski definition) is 7. The molecule has 1 heterocycles. The van der Waals surface area contributed by atoms with E-state index in [1.54, 1.807) is 16.4 Å². The highest BCUT2D eigenvalue weighted by Gasteiger charge is 2.28. The molecule has 0 aromatic heterocycles. The first-order chi connectivity index (χ1) is 19.4. The lowest BCUT2D eigenvalue weighted by molar-refractivity contribution is 0.0831. The van der Waals surface area contributed by atoms with Crippen molar-refractivity contribution < 1.29 is 19.0 Å². The molecule has 2 atom stereocenters. The molecule has 1 saturated heterocycles. The molecule has 40 heavy (non-hydrogen) atoms. The Bertz CT molecular complexity index is 1210. The molecule has 0 radical (unpaired) electrons. The van der Waals surface area contributed by atoms with Crippen LogP contribution in [0.2, 0.25) is 0 Å². The number of aliphatic hydroxyl groups is 1. The summed E-state index contributed by atoms with van der Waals surface area (Å²) in [6.07, 6.45) is 2.12. The number of rotatable bonds is 13. The molecule has 0 bridgehead atoms. The molecule has 1 aliphatic rings. The standard InChI is InChI=1S/C31H42N4O4S/c1-2-33-27-20-26(21-28(22-27)35-17-9-10-18-40(35,38)39)31(37)34-29(19-25-13-7-4-8-14-25)30(36)23-32-16-15-24-11-5-3-6-12-24/h3-8,11-14,20-22,29-30,32-33,36,38-39H,2,9-10,15-19,23H2,1H3,(H,34,37)/t29-,30-/m0/s1. The molecule has 0 spiro atoms. The molecule has 1 amide bonds. The van der Waals surface area contributed by atoms with E-state index in [1.807, 2.05) is 61.5 Å². The summed E-state index contributed by atoms with van der Waals surface area (Å²) in [4.78, 5) is 13.6. The van der Waals surface area contributed by atoms with Crippen molar-refractivity contribution in [1.82, 2.24) is 10.6 Å². The second-order valence-electron chi connectivity index (χ2n) is 10.2. The van der Waals surface area contributed by atoms with Crippen LogP contribution in [0.25, 0.3) is 0 Å². The van der Waals surface area contributed by atoms with Crippen LogP contribution < -0.4 is 20.3 Å². The van der Waals surface area contributed by atoms with Crippen molar-refractivity contribution in [3.05, 3.63) is 95.6 Å². The molecule has 216 valence electrons. The zero-order valence-corrected chi connectivity index (χ0v) is 23.9. The van der Waals surface area contributed by atoms with Gasteiger partial charge in [0.25, 0.3) is 5.91 Å². The Kier molecular flexibility index (Phi) is 10.9. The first-order valence-electron chi connectivity index (χ1n) is 14.1. The van der Waals surface area contributed by atoms with E-state index in [-0.39, 0.29) is 5.91 Å². The van der Waals surface area contributed by atoms with Gasteiger partial charge in [-0.1, -0.05) is 60.7 Å². The van der Waals surface area contributed by atoms with E-state index in [0.717, 1.165) is 30.5 Å². The first kappa shape index (κ1) is 29.9. The molecule has 0 aliphatic carbocycles. The molecule has 9 heteroatoms. The predicted octanol–water partition coefficient (Wildman–Crippen LogP) is 4.92. The Hall–Kier alpha value is -3.08. The van der Waals surface area contributed by atoms with Crippen molar-refractivity contribution in [1.29, 1.82) is 0 Å². The van der Waals surface area contributed by atoms with Gasteiger partial charge in [0.2, 0.25) is 0 Å². The summed E-state index contributed by atoms with van der Waals surface area (Å²) < 4.78 is 23.0. The third-order valence-electron chi connectivity index (χ3n) is 7.10. The molecule has 8 nitrogen and oxygen atoms in total. The highest BCUT2D eigenvalue weighted by Crippen LogP contribution is 2.50. The van der Waals surface area contributed by atoms with Crippen molar-refractivity contribution in [2.24, 2.45) is 0 Å². The Morgan fingerprint density at radius 1 is 0.975 bits per heavy atom. The topological polar surface area (TPSA) is 117 Å². The third-order valence-corrected chi connectivity index (χ3v) is 9.03. The SMILES string of the molecule is CCNc1cc(C(=O)N[C@@H](Cc2ccccc2)[C@@H](O)CNCCc2ccccc2)cc(N2CCCCS2(O)O)c1. The van der Waals surface area contributed by atoms with Gasteiger partial charge in [0, 0.05) is 30.9 Å². The summed E-state index contributed by atoms with van der Waals surface area (Å²) in [7, 11) is -2.94. The maximum Gasteiger partial charge on any atom is 0.251 e. The fraction of sp³-hybridized carbons (Fsp3) is 0.387. The molecule has 4 rings (SSSR count). The summed E-state index contributed by atoms with van der Waals surface area (Å²) >= 11 is 0. The number of nitrogens with one attached hydrogen (secondary N) is 3. The largest absolute Gasteiger partial charge is 0.390 e. The number of carbonyl (C=O) groups excluding carboxylic acids is 1. The lowest BCUT2D eigenvalue weighted by atomic mass is 10.00. The zero-order valence-electron chi connectivity index (χ0n) is 23.1. The summed E-state index contributed by atoms with van der Waals surface area (Å²) in [5, 5.41) is 20.8. The number of carbonyl (C=O) groups is 1. The maximum atomic E-state index is 13.6. The molecule has 3 aromatic carbocycles. The van der Waals surface area contributed by atoms with Gasteiger partial charge in [0.15, 0.2) is 0 Å². The Balaban J connectivity index is 1.49.